The topological polar surface area (TPSA) is 41.4 Å². The molecule has 0 saturated heterocycles. The van der Waals surface area contributed by atoms with Crippen molar-refractivity contribution < 1.29 is 4.79 Å². The highest BCUT2D eigenvalue weighted by Crippen LogP contribution is 2.19. The third-order valence-electron chi connectivity index (χ3n) is 4.62. The minimum Gasteiger partial charge on any atom is -0.332 e. The number of carbonyl (C=O) groups is 1. The number of carbonyl (C=O) groups excluding carboxylic acids is 1. The average Bonchev–Trinajstić information content (AvgIpc) is 2.91. The van der Waals surface area contributed by atoms with Crippen LogP contribution in [0, 0.1) is 6.92 Å². The molecule has 5 nitrogen and oxygen atoms in total. The summed E-state index contributed by atoms with van der Waals surface area (Å²) in [6.07, 6.45) is 3.22. The number of likely N-dealkylation sites (N-methyl/N-ethyl adjacent to an activating group) is 1. The maximum absolute atomic E-state index is 13.0. The van der Waals surface area contributed by atoms with E-state index in [9.17, 15) is 4.79 Å². The first-order chi connectivity index (χ1) is 11.5. The Hall–Kier alpha value is -2.14. The van der Waals surface area contributed by atoms with E-state index >= 15 is 0 Å². The lowest BCUT2D eigenvalue weighted by molar-refractivity contribution is -0.133. The summed E-state index contributed by atoms with van der Waals surface area (Å²) in [5, 5.41) is 4.38. The third kappa shape index (κ3) is 3.85. The highest BCUT2D eigenvalue weighted by atomic mass is 16.2. The lowest BCUT2D eigenvalue weighted by Gasteiger charge is -2.32. The molecule has 0 bridgehead atoms. The summed E-state index contributed by atoms with van der Waals surface area (Å²) < 4.78 is 2.03. The summed E-state index contributed by atoms with van der Waals surface area (Å²) in [5.41, 5.74) is 3.41. The maximum atomic E-state index is 13.0. The van der Waals surface area contributed by atoms with Crippen LogP contribution in [0.25, 0.3) is 0 Å². The van der Waals surface area contributed by atoms with Crippen molar-refractivity contribution in [3.63, 3.8) is 0 Å². The third-order valence-corrected chi connectivity index (χ3v) is 4.62. The fourth-order valence-electron chi connectivity index (χ4n) is 3.31. The molecule has 24 heavy (non-hydrogen) atoms. The van der Waals surface area contributed by atoms with Crippen LogP contribution in [0.1, 0.15) is 23.2 Å². The molecular weight excluding hydrogens is 300 g/mol. The van der Waals surface area contributed by atoms with Crippen molar-refractivity contribution in [2.45, 2.75) is 38.9 Å². The van der Waals surface area contributed by atoms with Crippen LogP contribution >= 0.6 is 0 Å². The Morgan fingerprint density at radius 1 is 1.25 bits per heavy atom. The van der Waals surface area contributed by atoms with Gasteiger partial charge in [0.05, 0.1) is 18.7 Å². The van der Waals surface area contributed by atoms with Gasteiger partial charge in [-0.15, -0.1) is 0 Å². The van der Waals surface area contributed by atoms with E-state index in [2.05, 4.69) is 55.3 Å². The minimum atomic E-state index is 0.195. The number of aryl methyl sites for hydroxylation is 2. The van der Waals surface area contributed by atoms with E-state index in [1.54, 1.807) is 0 Å². The first kappa shape index (κ1) is 16.7. The Morgan fingerprint density at radius 2 is 2.00 bits per heavy atom. The summed E-state index contributed by atoms with van der Waals surface area (Å²) in [7, 11) is 4.12. The van der Waals surface area contributed by atoms with Crippen molar-refractivity contribution in [1.29, 1.82) is 0 Å². The second-order valence-corrected chi connectivity index (χ2v) is 6.93. The van der Waals surface area contributed by atoms with E-state index < -0.39 is 0 Å². The van der Waals surface area contributed by atoms with Gasteiger partial charge in [-0.25, -0.2) is 0 Å². The second kappa shape index (κ2) is 7.18. The van der Waals surface area contributed by atoms with Crippen LogP contribution in [0.15, 0.2) is 36.5 Å². The molecule has 0 saturated carbocycles. The number of rotatable bonds is 4. The molecule has 1 aliphatic rings. The summed E-state index contributed by atoms with van der Waals surface area (Å²) in [5.74, 6) is 0.195. The Labute approximate surface area is 143 Å². The number of amides is 1. The number of aromatic nitrogens is 2. The highest BCUT2D eigenvalue weighted by Gasteiger charge is 2.28. The molecule has 0 radical (unpaired) electrons. The first-order valence-corrected chi connectivity index (χ1v) is 8.53. The molecule has 1 amide bonds. The lowest BCUT2D eigenvalue weighted by atomic mass is 10.1. The zero-order valence-electron chi connectivity index (χ0n) is 14.8. The maximum Gasteiger partial charge on any atom is 0.227 e. The monoisotopic (exact) mass is 326 g/mol. The molecule has 128 valence electrons. The fraction of sp³-hybridized carbons (Fsp3) is 0.474. The van der Waals surface area contributed by atoms with Gasteiger partial charge in [-0.2, -0.15) is 5.10 Å². The molecule has 1 atom stereocenters. The lowest BCUT2D eigenvalue weighted by Crippen LogP contribution is -2.45. The summed E-state index contributed by atoms with van der Waals surface area (Å²) >= 11 is 0. The Morgan fingerprint density at radius 3 is 2.71 bits per heavy atom. The van der Waals surface area contributed by atoms with Crippen molar-refractivity contribution in [1.82, 2.24) is 19.6 Å². The fourth-order valence-corrected chi connectivity index (χ4v) is 3.31. The molecule has 5 heteroatoms. The molecule has 0 unspecified atom stereocenters. The second-order valence-electron chi connectivity index (χ2n) is 6.93. The molecule has 0 fully saturated rings. The van der Waals surface area contributed by atoms with E-state index in [-0.39, 0.29) is 11.9 Å². The molecule has 3 rings (SSSR count). The molecular formula is C19H26N4O. The van der Waals surface area contributed by atoms with Gasteiger partial charge in [0.25, 0.3) is 0 Å². The zero-order valence-corrected chi connectivity index (χ0v) is 14.8. The predicted molar refractivity (Wildman–Crippen MR) is 94.6 cm³/mol. The van der Waals surface area contributed by atoms with Crippen LogP contribution in [-0.2, 0) is 24.3 Å². The molecule has 0 N–H and O–H groups in total. The van der Waals surface area contributed by atoms with E-state index in [4.69, 9.17) is 0 Å². The average molecular weight is 326 g/mol. The Balaban J connectivity index is 1.79. The summed E-state index contributed by atoms with van der Waals surface area (Å²) in [6, 6.07) is 10.5. The van der Waals surface area contributed by atoms with Gasteiger partial charge in [-0.05, 0) is 39.1 Å². The van der Waals surface area contributed by atoms with Gasteiger partial charge in [-0.3, -0.25) is 9.48 Å². The first-order valence-electron chi connectivity index (χ1n) is 8.53. The van der Waals surface area contributed by atoms with Crippen LogP contribution in [0.4, 0.5) is 0 Å². The highest BCUT2D eigenvalue weighted by molar-refractivity contribution is 5.79. The predicted octanol–water partition coefficient (Wildman–Crippen LogP) is 2.10. The molecule has 1 aromatic heterocycles. The smallest absolute Gasteiger partial charge is 0.227 e. The van der Waals surface area contributed by atoms with Crippen LogP contribution in [0.3, 0.4) is 0 Å². The van der Waals surface area contributed by atoms with Crippen molar-refractivity contribution in [3.05, 3.63) is 53.3 Å². The normalized spacial score (nSPS) is 17.7. The Bertz CT molecular complexity index is 690. The minimum absolute atomic E-state index is 0.195. The number of nitrogens with zero attached hydrogens (tertiary/aromatic N) is 4. The van der Waals surface area contributed by atoms with Crippen molar-refractivity contribution in [2.24, 2.45) is 0 Å². The summed E-state index contributed by atoms with van der Waals surface area (Å²) in [4.78, 5) is 17.2. The zero-order chi connectivity index (χ0) is 17.1. The van der Waals surface area contributed by atoms with Crippen LogP contribution in [-0.4, -0.2) is 52.2 Å². The molecule has 1 aromatic carbocycles. The van der Waals surface area contributed by atoms with Crippen molar-refractivity contribution in [3.8, 4) is 0 Å². The number of benzene rings is 1. The van der Waals surface area contributed by atoms with E-state index in [0.717, 1.165) is 30.8 Å². The number of hydrogen-bond donors (Lipinski definition) is 0. The van der Waals surface area contributed by atoms with Gasteiger partial charge >= 0.3 is 0 Å². The van der Waals surface area contributed by atoms with E-state index in [1.165, 1.54) is 5.56 Å². The van der Waals surface area contributed by atoms with Gasteiger partial charge < -0.3 is 9.80 Å². The van der Waals surface area contributed by atoms with Gasteiger partial charge in [0, 0.05) is 25.3 Å². The van der Waals surface area contributed by atoms with E-state index in [0.29, 0.717) is 13.0 Å². The molecule has 0 aliphatic carbocycles. The molecule has 0 spiro atoms. The van der Waals surface area contributed by atoms with Gasteiger partial charge in [0.1, 0.15) is 0 Å². The van der Waals surface area contributed by atoms with Crippen LogP contribution in [0.5, 0.6) is 0 Å². The van der Waals surface area contributed by atoms with Crippen molar-refractivity contribution >= 4 is 5.91 Å². The standard InChI is InChI=1S/C19H26N4O/c1-15-4-6-16(7-5-15)12-19(24)22-14-18-8-10-20-23(18)11-9-17(22)13-21(2)3/h4-8,10,17H,9,11-14H2,1-3H3/t17-/m0/s1. The number of fused-ring (bicyclic) bond motifs is 1. The SMILES string of the molecule is Cc1ccc(CC(=O)N2Cc3ccnn3CC[C@H]2CN(C)C)cc1. The largest absolute Gasteiger partial charge is 0.332 e. The van der Waals surface area contributed by atoms with E-state index in [1.807, 2.05) is 21.8 Å². The molecule has 2 heterocycles. The molecule has 1 aliphatic heterocycles. The van der Waals surface area contributed by atoms with Gasteiger partial charge in [0.15, 0.2) is 0 Å². The number of hydrogen-bond acceptors (Lipinski definition) is 3. The molecule has 2 aromatic rings. The summed E-state index contributed by atoms with van der Waals surface area (Å²) in [6.45, 7) is 4.46. The quantitative estimate of drug-likeness (QED) is 0.864. The van der Waals surface area contributed by atoms with Gasteiger partial charge in [-0.1, -0.05) is 29.8 Å². The van der Waals surface area contributed by atoms with Crippen molar-refractivity contribution in [2.75, 3.05) is 20.6 Å². The van der Waals surface area contributed by atoms with Crippen LogP contribution < -0.4 is 0 Å². The van der Waals surface area contributed by atoms with Gasteiger partial charge in [0.2, 0.25) is 5.91 Å². The Kier molecular flexibility index (Phi) is 5.00. The van der Waals surface area contributed by atoms with Crippen LogP contribution in [0.2, 0.25) is 0 Å².